The SMILES string of the molecule is COc1cc(NC(=O)c2c(C)ccn(CC3CCCNC3)c2=O)cc(OC)c1. The molecule has 1 saturated heterocycles. The number of carbonyl (C=O) groups excluding carboxylic acids is 1. The number of benzene rings is 1. The van der Waals surface area contributed by atoms with Crippen molar-refractivity contribution in [3.8, 4) is 11.5 Å². The van der Waals surface area contributed by atoms with Crippen LogP contribution in [0.5, 0.6) is 11.5 Å². The maximum atomic E-state index is 13.0. The van der Waals surface area contributed by atoms with E-state index in [4.69, 9.17) is 9.47 Å². The standard InChI is InChI=1S/C21H27N3O4/c1-14-6-8-24(13-15-5-4-7-22-12-15)21(26)19(14)20(25)23-16-9-17(27-2)11-18(10-16)28-3/h6,8-11,15,22H,4-5,7,12-13H2,1-3H3,(H,23,25). The lowest BCUT2D eigenvalue weighted by molar-refractivity contribution is 0.102. The van der Waals surface area contributed by atoms with E-state index in [0.717, 1.165) is 25.9 Å². The molecule has 1 aromatic carbocycles. The quantitative estimate of drug-likeness (QED) is 0.798. The number of anilines is 1. The fraction of sp³-hybridized carbons (Fsp3) is 0.429. The summed E-state index contributed by atoms with van der Waals surface area (Å²) in [4.78, 5) is 25.9. The number of aromatic nitrogens is 1. The van der Waals surface area contributed by atoms with E-state index in [0.29, 0.717) is 35.2 Å². The zero-order chi connectivity index (χ0) is 20.1. The minimum absolute atomic E-state index is 0.160. The van der Waals surface area contributed by atoms with Crippen molar-refractivity contribution in [2.45, 2.75) is 26.3 Å². The Balaban J connectivity index is 1.85. The number of ether oxygens (including phenoxy) is 2. The van der Waals surface area contributed by atoms with Crippen LogP contribution in [0.3, 0.4) is 0 Å². The topological polar surface area (TPSA) is 81.6 Å². The van der Waals surface area contributed by atoms with Crippen LogP contribution < -0.4 is 25.7 Å². The summed E-state index contributed by atoms with van der Waals surface area (Å²) in [7, 11) is 3.08. The lowest BCUT2D eigenvalue weighted by Crippen LogP contribution is -2.36. The second-order valence-corrected chi connectivity index (χ2v) is 7.10. The van der Waals surface area contributed by atoms with Gasteiger partial charge in [-0.25, -0.2) is 0 Å². The van der Waals surface area contributed by atoms with E-state index in [9.17, 15) is 9.59 Å². The summed E-state index contributed by atoms with van der Waals surface area (Å²) in [5.41, 5.74) is 1.05. The molecule has 7 nitrogen and oxygen atoms in total. The molecular formula is C21H27N3O4. The maximum absolute atomic E-state index is 13.0. The number of hydrogen-bond acceptors (Lipinski definition) is 5. The molecular weight excluding hydrogens is 358 g/mol. The van der Waals surface area contributed by atoms with E-state index < -0.39 is 5.91 Å². The van der Waals surface area contributed by atoms with Gasteiger partial charge in [0.1, 0.15) is 17.1 Å². The van der Waals surface area contributed by atoms with Crippen LogP contribution >= 0.6 is 0 Å². The van der Waals surface area contributed by atoms with Crippen LogP contribution in [0.25, 0.3) is 0 Å². The average Bonchev–Trinajstić information content (AvgIpc) is 2.70. The first-order valence-electron chi connectivity index (χ1n) is 9.47. The molecule has 150 valence electrons. The fourth-order valence-electron chi connectivity index (χ4n) is 3.52. The second kappa shape index (κ2) is 8.93. The van der Waals surface area contributed by atoms with Gasteiger partial charge in [-0.2, -0.15) is 0 Å². The Morgan fingerprint density at radius 1 is 1.25 bits per heavy atom. The van der Waals surface area contributed by atoms with Crippen LogP contribution in [-0.4, -0.2) is 37.8 Å². The highest BCUT2D eigenvalue weighted by Gasteiger charge is 2.19. The molecule has 1 fully saturated rings. The van der Waals surface area contributed by atoms with E-state index in [-0.39, 0.29) is 11.1 Å². The molecule has 1 atom stereocenters. The molecule has 0 bridgehead atoms. The molecule has 1 unspecified atom stereocenters. The van der Waals surface area contributed by atoms with Crippen molar-refractivity contribution < 1.29 is 14.3 Å². The minimum atomic E-state index is -0.436. The summed E-state index contributed by atoms with van der Waals surface area (Å²) in [6.45, 7) is 4.30. The van der Waals surface area contributed by atoms with E-state index >= 15 is 0 Å². The van der Waals surface area contributed by atoms with E-state index in [1.807, 2.05) is 6.07 Å². The van der Waals surface area contributed by atoms with Gasteiger partial charge in [-0.15, -0.1) is 0 Å². The zero-order valence-corrected chi connectivity index (χ0v) is 16.6. The van der Waals surface area contributed by atoms with Crippen molar-refractivity contribution in [2.75, 3.05) is 32.6 Å². The molecule has 28 heavy (non-hydrogen) atoms. The van der Waals surface area contributed by atoms with E-state index in [2.05, 4.69) is 10.6 Å². The summed E-state index contributed by atoms with van der Waals surface area (Å²) >= 11 is 0. The Bertz CT molecular complexity index is 879. The molecule has 1 aromatic heterocycles. The summed E-state index contributed by atoms with van der Waals surface area (Å²) in [5.74, 6) is 1.07. The first-order chi connectivity index (χ1) is 13.5. The Kier molecular flexibility index (Phi) is 6.36. The molecule has 0 aliphatic carbocycles. The number of nitrogens with zero attached hydrogens (tertiary/aromatic N) is 1. The first-order valence-corrected chi connectivity index (χ1v) is 9.47. The number of aryl methyl sites for hydroxylation is 1. The van der Waals surface area contributed by atoms with Crippen molar-refractivity contribution in [3.63, 3.8) is 0 Å². The maximum Gasteiger partial charge on any atom is 0.263 e. The molecule has 1 amide bonds. The number of nitrogens with one attached hydrogen (secondary N) is 2. The van der Waals surface area contributed by atoms with Gasteiger partial charge in [0.25, 0.3) is 11.5 Å². The van der Waals surface area contributed by atoms with Crippen molar-refractivity contribution >= 4 is 11.6 Å². The van der Waals surface area contributed by atoms with Crippen LogP contribution in [0.1, 0.15) is 28.8 Å². The highest BCUT2D eigenvalue weighted by atomic mass is 16.5. The summed E-state index contributed by atoms with van der Waals surface area (Å²) < 4.78 is 12.1. The summed E-state index contributed by atoms with van der Waals surface area (Å²) in [5, 5.41) is 6.15. The van der Waals surface area contributed by atoms with Gasteiger partial charge in [-0.3, -0.25) is 9.59 Å². The van der Waals surface area contributed by atoms with Crippen LogP contribution in [0.2, 0.25) is 0 Å². The predicted octanol–water partition coefficient (Wildman–Crippen LogP) is 2.43. The number of carbonyl (C=O) groups is 1. The molecule has 1 aliphatic rings. The van der Waals surface area contributed by atoms with E-state index in [1.165, 1.54) is 0 Å². The predicted molar refractivity (Wildman–Crippen MR) is 109 cm³/mol. The van der Waals surface area contributed by atoms with Crippen LogP contribution in [-0.2, 0) is 6.54 Å². The first kappa shape index (κ1) is 19.9. The van der Waals surface area contributed by atoms with Crippen molar-refractivity contribution in [3.05, 3.63) is 51.9 Å². The fourth-order valence-corrected chi connectivity index (χ4v) is 3.52. The number of hydrogen-bond donors (Lipinski definition) is 2. The van der Waals surface area contributed by atoms with Gasteiger partial charge in [-0.05, 0) is 50.4 Å². The number of rotatable bonds is 6. The van der Waals surface area contributed by atoms with Gasteiger partial charge < -0.3 is 24.7 Å². The Labute approximate surface area is 164 Å². The molecule has 0 spiro atoms. The molecule has 3 rings (SSSR count). The zero-order valence-electron chi connectivity index (χ0n) is 16.6. The van der Waals surface area contributed by atoms with Gasteiger partial charge in [0.15, 0.2) is 0 Å². The number of piperidine rings is 1. The lowest BCUT2D eigenvalue weighted by Gasteiger charge is -2.23. The molecule has 2 heterocycles. The Morgan fingerprint density at radius 3 is 2.57 bits per heavy atom. The van der Waals surface area contributed by atoms with Crippen molar-refractivity contribution in [2.24, 2.45) is 5.92 Å². The van der Waals surface area contributed by atoms with Gasteiger partial charge >= 0.3 is 0 Å². The number of pyridine rings is 1. The largest absolute Gasteiger partial charge is 0.497 e. The highest BCUT2D eigenvalue weighted by molar-refractivity contribution is 6.05. The monoisotopic (exact) mass is 385 g/mol. The Hall–Kier alpha value is -2.80. The minimum Gasteiger partial charge on any atom is -0.497 e. The van der Waals surface area contributed by atoms with Crippen LogP contribution in [0.15, 0.2) is 35.3 Å². The van der Waals surface area contributed by atoms with Crippen molar-refractivity contribution in [1.29, 1.82) is 0 Å². The third kappa shape index (κ3) is 4.54. The van der Waals surface area contributed by atoms with Gasteiger partial charge in [0, 0.05) is 36.6 Å². The molecule has 2 N–H and O–H groups in total. The highest BCUT2D eigenvalue weighted by Crippen LogP contribution is 2.26. The second-order valence-electron chi connectivity index (χ2n) is 7.10. The molecule has 1 aliphatic heterocycles. The normalized spacial score (nSPS) is 16.5. The molecule has 0 saturated carbocycles. The van der Waals surface area contributed by atoms with E-state index in [1.54, 1.807) is 50.1 Å². The molecule has 7 heteroatoms. The van der Waals surface area contributed by atoms with Crippen LogP contribution in [0.4, 0.5) is 5.69 Å². The number of methoxy groups -OCH3 is 2. The smallest absolute Gasteiger partial charge is 0.263 e. The third-order valence-corrected chi connectivity index (χ3v) is 5.06. The molecule has 0 radical (unpaired) electrons. The van der Waals surface area contributed by atoms with Gasteiger partial charge in [0.05, 0.1) is 14.2 Å². The molecule has 2 aromatic rings. The van der Waals surface area contributed by atoms with Crippen LogP contribution in [0, 0.1) is 12.8 Å². The third-order valence-electron chi connectivity index (χ3n) is 5.06. The summed E-state index contributed by atoms with van der Waals surface area (Å²) in [6.07, 6.45) is 3.96. The summed E-state index contributed by atoms with van der Waals surface area (Å²) in [6, 6.07) is 6.91. The van der Waals surface area contributed by atoms with Gasteiger partial charge in [0.2, 0.25) is 0 Å². The Morgan fingerprint density at radius 2 is 1.96 bits per heavy atom. The van der Waals surface area contributed by atoms with Crippen molar-refractivity contribution in [1.82, 2.24) is 9.88 Å². The lowest BCUT2D eigenvalue weighted by atomic mass is 9.99. The number of amides is 1. The van der Waals surface area contributed by atoms with Gasteiger partial charge in [-0.1, -0.05) is 0 Å². The average molecular weight is 385 g/mol.